The van der Waals surface area contributed by atoms with E-state index in [1.54, 1.807) is 17.0 Å². The smallest absolute Gasteiger partial charge is 0.293 e. The molecule has 1 heterocycles. The Balaban J connectivity index is 2.04. The van der Waals surface area contributed by atoms with Gasteiger partial charge in [0.15, 0.2) is 5.82 Å². The molecule has 5 heteroatoms. The Morgan fingerprint density at radius 3 is 2.52 bits per heavy atom. The number of rotatable bonds is 4. The van der Waals surface area contributed by atoms with E-state index in [9.17, 15) is 9.90 Å². The molecule has 21 heavy (non-hydrogen) atoms. The zero-order valence-corrected chi connectivity index (χ0v) is 13.5. The van der Waals surface area contributed by atoms with Crippen LogP contribution in [0.3, 0.4) is 0 Å². The van der Waals surface area contributed by atoms with Crippen LogP contribution in [0.4, 0.5) is 5.82 Å². The topological polar surface area (TPSA) is 67.2 Å². The van der Waals surface area contributed by atoms with Crippen LogP contribution in [-0.4, -0.2) is 26.8 Å². The second-order valence-corrected chi connectivity index (χ2v) is 7.32. The number of aromatic nitrogens is 2. The Kier molecular flexibility index (Phi) is 4.42. The molecule has 0 bridgehead atoms. The van der Waals surface area contributed by atoms with Gasteiger partial charge in [0.05, 0.1) is 5.60 Å². The van der Waals surface area contributed by atoms with E-state index in [2.05, 4.69) is 24.1 Å². The molecule has 2 rings (SSSR count). The van der Waals surface area contributed by atoms with E-state index >= 15 is 0 Å². The SMILES string of the molecule is CC(C)n1ccnc(NCC2(O)CCC(C)(C)CC2)c1=O. The molecular formula is C16H27N3O2. The highest BCUT2D eigenvalue weighted by Crippen LogP contribution is 2.40. The van der Waals surface area contributed by atoms with Gasteiger partial charge < -0.3 is 15.0 Å². The van der Waals surface area contributed by atoms with Gasteiger partial charge in [-0.2, -0.15) is 0 Å². The Morgan fingerprint density at radius 2 is 1.95 bits per heavy atom. The average Bonchev–Trinajstić information content (AvgIpc) is 2.41. The van der Waals surface area contributed by atoms with Crippen LogP contribution in [0.15, 0.2) is 17.2 Å². The lowest BCUT2D eigenvalue weighted by molar-refractivity contribution is -0.0146. The molecular weight excluding hydrogens is 266 g/mol. The highest BCUT2D eigenvalue weighted by atomic mass is 16.3. The summed E-state index contributed by atoms with van der Waals surface area (Å²) in [5.41, 5.74) is -0.559. The maximum Gasteiger partial charge on any atom is 0.293 e. The predicted molar refractivity (Wildman–Crippen MR) is 84.6 cm³/mol. The fourth-order valence-electron chi connectivity index (χ4n) is 2.77. The highest BCUT2D eigenvalue weighted by molar-refractivity contribution is 5.31. The summed E-state index contributed by atoms with van der Waals surface area (Å²) in [6, 6.07) is 0.0969. The lowest BCUT2D eigenvalue weighted by Crippen LogP contribution is -2.43. The van der Waals surface area contributed by atoms with E-state index in [0.29, 0.717) is 17.8 Å². The average molecular weight is 293 g/mol. The summed E-state index contributed by atoms with van der Waals surface area (Å²) in [5, 5.41) is 13.7. The van der Waals surface area contributed by atoms with Crippen molar-refractivity contribution in [1.29, 1.82) is 0 Å². The van der Waals surface area contributed by atoms with E-state index in [4.69, 9.17) is 0 Å². The largest absolute Gasteiger partial charge is 0.388 e. The third-order valence-electron chi connectivity index (χ3n) is 4.54. The molecule has 1 aromatic heterocycles. The third kappa shape index (κ3) is 3.84. The summed E-state index contributed by atoms with van der Waals surface area (Å²) in [5.74, 6) is 0.324. The van der Waals surface area contributed by atoms with E-state index in [0.717, 1.165) is 25.7 Å². The van der Waals surface area contributed by atoms with E-state index in [-0.39, 0.29) is 11.6 Å². The molecule has 0 saturated heterocycles. The molecule has 5 nitrogen and oxygen atoms in total. The summed E-state index contributed by atoms with van der Waals surface area (Å²) in [6.45, 7) is 8.78. The number of nitrogens with zero attached hydrogens (tertiary/aromatic N) is 2. The second-order valence-electron chi connectivity index (χ2n) is 7.32. The zero-order valence-electron chi connectivity index (χ0n) is 13.5. The summed E-state index contributed by atoms with van der Waals surface area (Å²) in [4.78, 5) is 16.4. The summed E-state index contributed by atoms with van der Waals surface area (Å²) in [7, 11) is 0. The van der Waals surface area contributed by atoms with Gasteiger partial charge in [-0.15, -0.1) is 0 Å². The quantitative estimate of drug-likeness (QED) is 0.895. The van der Waals surface area contributed by atoms with Crippen LogP contribution < -0.4 is 10.9 Å². The number of aliphatic hydroxyl groups is 1. The van der Waals surface area contributed by atoms with Crippen molar-refractivity contribution in [2.75, 3.05) is 11.9 Å². The first-order valence-electron chi connectivity index (χ1n) is 7.76. The molecule has 118 valence electrons. The zero-order chi connectivity index (χ0) is 15.7. The molecule has 0 radical (unpaired) electrons. The molecule has 1 aliphatic rings. The third-order valence-corrected chi connectivity index (χ3v) is 4.54. The van der Waals surface area contributed by atoms with Crippen molar-refractivity contribution in [3.05, 3.63) is 22.7 Å². The number of hydrogen-bond donors (Lipinski definition) is 2. The second kappa shape index (κ2) is 5.79. The molecule has 0 spiro atoms. The fraction of sp³-hybridized carbons (Fsp3) is 0.750. The monoisotopic (exact) mass is 293 g/mol. The summed E-state index contributed by atoms with van der Waals surface area (Å²) < 4.78 is 1.64. The number of nitrogens with one attached hydrogen (secondary N) is 1. The Morgan fingerprint density at radius 1 is 1.33 bits per heavy atom. The minimum Gasteiger partial charge on any atom is -0.388 e. The van der Waals surface area contributed by atoms with Crippen LogP contribution in [0.5, 0.6) is 0 Å². The Bertz CT molecular complexity index is 539. The lowest BCUT2D eigenvalue weighted by Gasteiger charge is -2.40. The first-order chi connectivity index (χ1) is 9.72. The van der Waals surface area contributed by atoms with Crippen LogP contribution in [0.2, 0.25) is 0 Å². The van der Waals surface area contributed by atoms with Crippen LogP contribution >= 0.6 is 0 Å². The first kappa shape index (κ1) is 16.0. The molecule has 2 N–H and O–H groups in total. The van der Waals surface area contributed by atoms with E-state index in [1.165, 1.54) is 0 Å². The van der Waals surface area contributed by atoms with Crippen molar-refractivity contribution in [3.63, 3.8) is 0 Å². The van der Waals surface area contributed by atoms with Crippen LogP contribution in [0.1, 0.15) is 59.4 Å². The van der Waals surface area contributed by atoms with Gasteiger partial charge in [0.2, 0.25) is 0 Å². The molecule has 0 amide bonds. The van der Waals surface area contributed by atoms with Gasteiger partial charge in [0.25, 0.3) is 5.56 Å². The van der Waals surface area contributed by atoms with Crippen molar-refractivity contribution in [3.8, 4) is 0 Å². The fourth-order valence-corrected chi connectivity index (χ4v) is 2.77. The van der Waals surface area contributed by atoms with Gasteiger partial charge in [-0.25, -0.2) is 4.98 Å². The molecule has 1 aliphatic carbocycles. The van der Waals surface area contributed by atoms with Gasteiger partial charge in [-0.05, 0) is 44.9 Å². The molecule has 0 aliphatic heterocycles. The predicted octanol–water partition coefficient (Wildman–Crippen LogP) is 2.57. The Labute approximate surface area is 126 Å². The van der Waals surface area contributed by atoms with Crippen molar-refractivity contribution >= 4 is 5.82 Å². The molecule has 0 unspecified atom stereocenters. The number of hydrogen-bond acceptors (Lipinski definition) is 4. The molecule has 1 aromatic rings. The molecule has 1 fully saturated rings. The first-order valence-corrected chi connectivity index (χ1v) is 7.76. The number of anilines is 1. The van der Waals surface area contributed by atoms with Crippen molar-refractivity contribution in [2.45, 2.75) is 65.0 Å². The molecule has 0 aromatic carbocycles. The van der Waals surface area contributed by atoms with Crippen LogP contribution in [-0.2, 0) is 0 Å². The van der Waals surface area contributed by atoms with Gasteiger partial charge in [-0.3, -0.25) is 4.79 Å². The van der Waals surface area contributed by atoms with Crippen molar-refractivity contribution in [1.82, 2.24) is 9.55 Å². The van der Waals surface area contributed by atoms with Crippen LogP contribution in [0.25, 0.3) is 0 Å². The molecule has 0 atom stereocenters. The van der Waals surface area contributed by atoms with Gasteiger partial charge in [0, 0.05) is 25.0 Å². The maximum atomic E-state index is 12.2. The van der Waals surface area contributed by atoms with Crippen LogP contribution in [0, 0.1) is 5.41 Å². The Hall–Kier alpha value is -1.36. The van der Waals surface area contributed by atoms with Gasteiger partial charge in [0.1, 0.15) is 0 Å². The summed E-state index contributed by atoms with van der Waals surface area (Å²) >= 11 is 0. The minimum absolute atomic E-state index is 0.0969. The van der Waals surface area contributed by atoms with Crippen molar-refractivity contribution in [2.24, 2.45) is 5.41 Å². The minimum atomic E-state index is -0.734. The van der Waals surface area contributed by atoms with E-state index in [1.807, 2.05) is 13.8 Å². The molecule has 1 saturated carbocycles. The normalized spacial score (nSPS) is 20.5. The van der Waals surface area contributed by atoms with Gasteiger partial charge >= 0.3 is 0 Å². The van der Waals surface area contributed by atoms with E-state index < -0.39 is 5.60 Å². The van der Waals surface area contributed by atoms with Gasteiger partial charge in [-0.1, -0.05) is 13.8 Å². The maximum absolute atomic E-state index is 12.2. The summed E-state index contributed by atoms with van der Waals surface area (Å²) in [6.07, 6.45) is 6.84. The highest BCUT2D eigenvalue weighted by Gasteiger charge is 2.36. The lowest BCUT2D eigenvalue weighted by atomic mass is 9.71. The van der Waals surface area contributed by atoms with Crippen molar-refractivity contribution < 1.29 is 5.11 Å². The standard InChI is InChI=1S/C16H27N3O2/c1-12(2)19-10-9-17-13(14(19)20)18-11-16(21)7-5-15(3,4)6-8-16/h9-10,12,21H,5-8,11H2,1-4H3,(H,17,18).